The van der Waals surface area contributed by atoms with Crippen molar-refractivity contribution in [3.63, 3.8) is 0 Å². The lowest BCUT2D eigenvalue weighted by molar-refractivity contribution is 0.257. The Kier molecular flexibility index (Phi) is 6.21. The molecule has 0 saturated carbocycles. The molecule has 34 heavy (non-hydrogen) atoms. The third kappa shape index (κ3) is 4.49. The van der Waals surface area contributed by atoms with E-state index in [0.717, 1.165) is 62.3 Å². The van der Waals surface area contributed by atoms with E-state index in [1.165, 1.54) is 0 Å². The molecule has 0 fully saturated rings. The van der Waals surface area contributed by atoms with Crippen LogP contribution < -0.4 is 19.9 Å². The fraction of sp³-hybridized carbons (Fsp3) is 0.320. The van der Waals surface area contributed by atoms with Gasteiger partial charge < -0.3 is 24.8 Å². The van der Waals surface area contributed by atoms with Crippen molar-refractivity contribution in [2.75, 3.05) is 46.7 Å². The zero-order valence-electron chi connectivity index (χ0n) is 19.4. The summed E-state index contributed by atoms with van der Waals surface area (Å²) in [7, 11) is 5.74. The van der Waals surface area contributed by atoms with Gasteiger partial charge in [-0.1, -0.05) is 6.07 Å². The molecule has 0 saturated heterocycles. The maximum atomic E-state index is 6.19. The van der Waals surface area contributed by atoms with Gasteiger partial charge in [-0.2, -0.15) is 0 Å². The number of nitrogens with zero attached hydrogens (tertiary/aromatic N) is 4. The molecule has 2 aromatic carbocycles. The number of thiazole rings is 1. The quantitative estimate of drug-likeness (QED) is 0.427. The summed E-state index contributed by atoms with van der Waals surface area (Å²) in [6.45, 7) is 1.93. The Morgan fingerprint density at radius 1 is 1.18 bits per heavy atom. The first kappa shape index (κ1) is 22.4. The highest BCUT2D eigenvalue weighted by Gasteiger charge is 2.27. The summed E-state index contributed by atoms with van der Waals surface area (Å²) in [5.41, 5.74) is 9.44. The number of ether oxygens (including phenoxy) is 3. The van der Waals surface area contributed by atoms with Crippen molar-refractivity contribution in [2.24, 2.45) is 0 Å². The predicted octanol–water partition coefficient (Wildman–Crippen LogP) is 4.00. The molecular formula is C25H27N5O3S. The van der Waals surface area contributed by atoms with Crippen LogP contribution in [-0.2, 0) is 6.42 Å². The summed E-state index contributed by atoms with van der Waals surface area (Å²) in [5, 5.41) is 1.02. The van der Waals surface area contributed by atoms with Crippen molar-refractivity contribution in [1.82, 2.24) is 19.9 Å². The van der Waals surface area contributed by atoms with Crippen LogP contribution in [0.4, 0.5) is 5.95 Å². The average molecular weight is 478 g/mol. The molecule has 176 valence electrons. The third-order valence-electron chi connectivity index (χ3n) is 5.79. The Morgan fingerprint density at radius 2 is 2.06 bits per heavy atom. The standard InChI is InChI=1S/C25H27N5O3S/c1-30(2)9-10-32-21-12-15(18-7-8-27-25(26)28-18)13-22-23(21)29-24(34-22)16-11-17-19(31-3)5-4-6-20(17)33-14-16/h4-8,12-13,16H,9-11,14H2,1-3H3,(H2,26,27,28). The van der Waals surface area contributed by atoms with Gasteiger partial charge in [-0.05, 0) is 50.8 Å². The second-order valence-corrected chi connectivity index (χ2v) is 9.54. The Balaban J connectivity index is 1.53. The molecule has 3 heterocycles. The molecule has 1 aliphatic rings. The van der Waals surface area contributed by atoms with Crippen LogP contribution in [0.3, 0.4) is 0 Å². The number of anilines is 1. The number of likely N-dealkylation sites (N-methyl/N-ethyl adjacent to an activating group) is 1. The molecule has 2 aromatic heterocycles. The van der Waals surface area contributed by atoms with Gasteiger partial charge in [0.2, 0.25) is 5.95 Å². The molecule has 0 radical (unpaired) electrons. The highest BCUT2D eigenvalue weighted by Crippen LogP contribution is 2.42. The highest BCUT2D eigenvalue weighted by atomic mass is 32.1. The van der Waals surface area contributed by atoms with E-state index in [0.29, 0.717) is 13.2 Å². The summed E-state index contributed by atoms with van der Waals surface area (Å²) in [6.07, 6.45) is 2.47. The Morgan fingerprint density at radius 3 is 2.85 bits per heavy atom. The van der Waals surface area contributed by atoms with Crippen LogP contribution in [0.1, 0.15) is 16.5 Å². The van der Waals surface area contributed by atoms with Crippen LogP contribution in [0, 0.1) is 0 Å². The van der Waals surface area contributed by atoms with E-state index in [2.05, 4.69) is 20.9 Å². The number of benzene rings is 2. The fourth-order valence-corrected chi connectivity index (χ4v) is 5.16. The third-order valence-corrected chi connectivity index (χ3v) is 6.96. The molecule has 5 rings (SSSR count). The first-order valence-corrected chi connectivity index (χ1v) is 11.9. The number of aromatic nitrogens is 3. The molecular weight excluding hydrogens is 450 g/mol. The number of fused-ring (bicyclic) bond motifs is 2. The normalized spacial score (nSPS) is 15.2. The van der Waals surface area contributed by atoms with E-state index in [1.54, 1.807) is 24.6 Å². The van der Waals surface area contributed by atoms with Gasteiger partial charge in [0.05, 0.1) is 24.1 Å². The van der Waals surface area contributed by atoms with Crippen molar-refractivity contribution in [1.29, 1.82) is 0 Å². The zero-order chi connectivity index (χ0) is 23.7. The molecule has 0 amide bonds. The van der Waals surface area contributed by atoms with E-state index in [-0.39, 0.29) is 11.9 Å². The van der Waals surface area contributed by atoms with Crippen molar-refractivity contribution in [2.45, 2.75) is 12.3 Å². The van der Waals surface area contributed by atoms with Crippen molar-refractivity contribution in [3.8, 4) is 28.5 Å². The smallest absolute Gasteiger partial charge is 0.220 e. The van der Waals surface area contributed by atoms with Gasteiger partial charge in [-0.3, -0.25) is 0 Å². The Labute approximate surface area is 202 Å². The van der Waals surface area contributed by atoms with E-state index >= 15 is 0 Å². The monoisotopic (exact) mass is 477 g/mol. The van der Waals surface area contributed by atoms with Crippen LogP contribution in [-0.4, -0.2) is 60.8 Å². The molecule has 9 heteroatoms. The minimum absolute atomic E-state index is 0.133. The molecule has 0 aliphatic carbocycles. The van der Waals surface area contributed by atoms with Crippen molar-refractivity contribution >= 4 is 27.5 Å². The maximum absolute atomic E-state index is 6.19. The van der Waals surface area contributed by atoms with E-state index < -0.39 is 0 Å². The second kappa shape index (κ2) is 9.44. The number of rotatable bonds is 7. The van der Waals surface area contributed by atoms with Gasteiger partial charge >= 0.3 is 0 Å². The number of nitrogens with two attached hydrogens (primary N) is 1. The largest absolute Gasteiger partial charge is 0.496 e. The number of methoxy groups -OCH3 is 1. The van der Waals surface area contributed by atoms with Gasteiger partial charge in [-0.25, -0.2) is 15.0 Å². The van der Waals surface area contributed by atoms with Gasteiger partial charge in [0.25, 0.3) is 0 Å². The maximum Gasteiger partial charge on any atom is 0.220 e. The number of nitrogen functional groups attached to an aromatic ring is 1. The van der Waals surface area contributed by atoms with Gasteiger partial charge in [0.1, 0.15) is 34.4 Å². The van der Waals surface area contributed by atoms with Crippen molar-refractivity contribution < 1.29 is 14.2 Å². The van der Waals surface area contributed by atoms with Crippen molar-refractivity contribution in [3.05, 3.63) is 53.2 Å². The van der Waals surface area contributed by atoms with E-state index in [1.807, 2.05) is 44.4 Å². The van der Waals surface area contributed by atoms with Gasteiger partial charge in [0.15, 0.2) is 0 Å². The molecule has 0 spiro atoms. The summed E-state index contributed by atoms with van der Waals surface area (Å²) in [4.78, 5) is 15.5. The molecule has 2 N–H and O–H groups in total. The first-order valence-electron chi connectivity index (χ1n) is 11.1. The SMILES string of the molecule is COc1cccc2c1CC(c1nc3c(OCCN(C)C)cc(-c4ccnc(N)n4)cc3s1)CO2. The molecule has 4 aromatic rings. The van der Waals surface area contributed by atoms with Gasteiger partial charge in [0, 0.05) is 29.8 Å². The average Bonchev–Trinajstić information content (AvgIpc) is 3.27. The van der Waals surface area contributed by atoms with Crippen LogP contribution in [0.25, 0.3) is 21.5 Å². The minimum atomic E-state index is 0.133. The topological polar surface area (TPSA) is 95.6 Å². The lowest BCUT2D eigenvalue weighted by Crippen LogP contribution is -2.20. The van der Waals surface area contributed by atoms with Crippen LogP contribution in [0.15, 0.2) is 42.6 Å². The van der Waals surface area contributed by atoms with Crippen LogP contribution >= 0.6 is 11.3 Å². The summed E-state index contributed by atoms with van der Waals surface area (Å²) < 4.78 is 18.9. The lowest BCUT2D eigenvalue weighted by Gasteiger charge is -2.25. The second-order valence-electron chi connectivity index (χ2n) is 8.47. The highest BCUT2D eigenvalue weighted by molar-refractivity contribution is 7.18. The number of hydrogen-bond donors (Lipinski definition) is 1. The minimum Gasteiger partial charge on any atom is -0.496 e. The molecule has 1 atom stereocenters. The molecule has 1 unspecified atom stereocenters. The molecule has 1 aliphatic heterocycles. The molecule has 0 bridgehead atoms. The van der Waals surface area contributed by atoms with E-state index in [9.17, 15) is 0 Å². The van der Waals surface area contributed by atoms with Crippen LogP contribution in [0.2, 0.25) is 0 Å². The van der Waals surface area contributed by atoms with Crippen LogP contribution in [0.5, 0.6) is 17.2 Å². The zero-order valence-corrected chi connectivity index (χ0v) is 20.3. The Hall–Kier alpha value is -3.43. The molecule has 8 nitrogen and oxygen atoms in total. The lowest BCUT2D eigenvalue weighted by atomic mass is 9.96. The Bertz CT molecular complexity index is 1310. The van der Waals surface area contributed by atoms with Gasteiger partial charge in [-0.15, -0.1) is 11.3 Å². The first-order chi connectivity index (χ1) is 16.5. The summed E-state index contributed by atoms with van der Waals surface area (Å²) >= 11 is 1.66. The summed E-state index contributed by atoms with van der Waals surface area (Å²) in [6, 6.07) is 11.8. The number of hydrogen-bond acceptors (Lipinski definition) is 9. The summed E-state index contributed by atoms with van der Waals surface area (Å²) in [5.74, 6) is 2.84. The van der Waals surface area contributed by atoms with E-state index in [4.69, 9.17) is 24.9 Å². The predicted molar refractivity (Wildman–Crippen MR) is 134 cm³/mol. The fourth-order valence-electron chi connectivity index (χ4n) is 4.05.